The summed E-state index contributed by atoms with van der Waals surface area (Å²) >= 11 is 0. The van der Waals surface area contributed by atoms with Crippen molar-refractivity contribution in [1.29, 1.82) is 0 Å². The Balaban J connectivity index is 2.23. The summed E-state index contributed by atoms with van der Waals surface area (Å²) in [4.78, 5) is 13.5. The molecule has 0 aromatic heterocycles. The number of nitrogens with zero attached hydrogens (tertiary/aromatic N) is 3. The minimum absolute atomic E-state index is 0.0499. The van der Waals surface area contributed by atoms with Gasteiger partial charge in [0.25, 0.3) is 5.91 Å². The normalized spacial score (nSPS) is 19.2. The molecule has 5 heteroatoms. The molecule has 0 saturated heterocycles. The van der Waals surface area contributed by atoms with Crippen LogP contribution in [0.25, 0.3) is 0 Å². The number of hydrogen-bond donors (Lipinski definition) is 1. The minimum atomic E-state index is -0.0499. The van der Waals surface area contributed by atoms with E-state index in [-0.39, 0.29) is 12.5 Å². The molecular weight excluding hydrogens is 204 g/mol. The van der Waals surface area contributed by atoms with Crippen LogP contribution in [-0.2, 0) is 4.79 Å². The molecule has 2 N–H and O–H groups in total. The SMILES string of the molecule is C=C(C)CN1N=C2C=CC(N)=CN2CC1=O. The highest BCUT2D eigenvalue weighted by Crippen LogP contribution is 2.13. The van der Waals surface area contributed by atoms with E-state index < -0.39 is 0 Å². The fraction of sp³-hybridized carbons (Fsp3) is 0.273. The van der Waals surface area contributed by atoms with Gasteiger partial charge < -0.3 is 10.6 Å². The van der Waals surface area contributed by atoms with Gasteiger partial charge in [-0.15, -0.1) is 0 Å². The van der Waals surface area contributed by atoms with Crippen LogP contribution in [0.15, 0.2) is 41.3 Å². The topological polar surface area (TPSA) is 61.9 Å². The Hall–Kier alpha value is -2.04. The zero-order chi connectivity index (χ0) is 11.7. The second-order valence-electron chi connectivity index (χ2n) is 3.96. The molecule has 84 valence electrons. The highest BCUT2D eigenvalue weighted by atomic mass is 16.2. The molecular formula is C11H14N4O. The Bertz CT molecular complexity index is 433. The maximum atomic E-state index is 11.7. The zero-order valence-corrected chi connectivity index (χ0v) is 9.18. The highest BCUT2D eigenvalue weighted by Gasteiger charge is 2.25. The van der Waals surface area contributed by atoms with E-state index >= 15 is 0 Å². The maximum absolute atomic E-state index is 11.7. The van der Waals surface area contributed by atoms with Gasteiger partial charge in [-0.25, -0.2) is 5.01 Å². The second kappa shape index (κ2) is 3.84. The third-order valence-electron chi connectivity index (χ3n) is 2.26. The van der Waals surface area contributed by atoms with Crippen LogP contribution in [0, 0.1) is 0 Å². The van der Waals surface area contributed by atoms with E-state index in [2.05, 4.69) is 11.7 Å². The molecule has 0 atom stereocenters. The second-order valence-corrected chi connectivity index (χ2v) is 3.96. The van der Waals surface area contributed by atoms with Crippen LogP contribution in [-0.4, -0.2) is 34.7 Å². The van der Waals surface area contributed by atoms with Crippen LogP contribution < -0.4 is 5.73 Å². The molecule has 0 spiro atoms. The lowest BCUT2D eigenvalue weighted by molar-refractivity contribution is -0.131. The van der Waals surface area contributed by atoms with Crippen molar-refractivity contribution in [1.82, 2.24) is 9.91 Å². The number of amides is 1. The molecule has 16 heavy (non-hydrogen) atoms. The molecule has 0 fully saturated rings. The van der Waals surface area contributed by atoms with Crippen molar-refractivity contribution in [3.63, 3.8) is 0 Å². The van der Waals surface area contributed by atoms with Crippen LogP contribution in [0.4, 0.5) is 0 Å². The van der Waals surface area contributed by atoms with Crippen molar-refractivity contribution < 1.29 is 4.79 Å². The van der Waals surface area contributed by atoms with Crippen LogP contribution in [0.3, 0.4) is 0 Å². The maximum Gasteiger partial charge on any atom is 0.263 e. The summed E-state index contributed by atoms with van der Waals surface area (Å²) in [6, 6.07) is 0. The number of rotatable bonds is 2. The number of nitrogens with two attached hydrogens (primary N) is 1. The Kier molecular flexibility index (Phi) is 2.52. The molecule has 5 nitrogen and oxygen atoms in total. The number of allylic oxidation sites excluding steroid dienone is 1. The average Bonchev–Trinajstić information content (AvgIpc) is 2.19. The first-order valence-electron chi connectivity index (χ1n) is 5.01. The molecule has 0 aromatic rings. The molecule has 2 heterocycles. The van der Waals surface area contributed by atoms with Crippen LogP contribution in [0.2, 0.25) is 0 Å². The predicted octanol–water partition coefficient (Wildman–Crippen LogP) is 0.390. The average molecular weight is 218 g/mol. The van der Waals surface area contributed by atoms with E-state index in [1.165, 1.54) is 5.01 Å². The van der Waals surface area contributed by atoms with Gasteiger partial charge in [0.05, 0.1) is 6.54 Å². The van der Waals surface area contributed by atoms with Crippen molar-refractivity contribution in [3.8, 4) is 0 Å². The third kappa shape index (κ3) is 1.98. The minimum Gasteiger partial charge on any atom is -0.398 e. The Morgan fingerprint density at radius 2 is 2.38 bits per heavy atom. The number of hydrazone groups is 1. The summed E-state index contributed by atoms with van der Waals surface area (Å²) < 4.78 is 0. The summed E-state index contributed by atoms with van der Waals surface area (Å²) in [5.74, 6) is 0.682. The van der Waals surface area contributed by atoms with Gasteiger partial charge >= 0.3 is 0 Å². The van der Waals surface area contributed by atoms with Gasteiger partial charge in [-0.2, -0.15) is 5.10 Å². The quantitative estimate of drug-likeness (QED) is 0.682. The molecule has 0 radical (unpaired) electrons. The van der Waals surface area contributed by atoms with Crippen molar-refractivity contribution >= 4 is 11.7 Å². The predicted molar refractivity (Wildman–Crippen MR) is 62.1 cm³/mol. The van der Waals surface area contributed by atoms with E-state index in [9.17, 15) is 4.79 Å². The standard InChI is InChI=1S/C11H14N4O/c1-8(2)5-15-11(16)7-14-6-9(12)3-4-10(14)13-15/h3-4,6H,1,5,7,12H2,2H3. The number of fused-ring (bicyclic) bond motifs is 1. The summed E-state index contributed by atoms with van der Waals surface area (Å²) in [5.41, 5.74) is 7.17. The van der Waals surface area contributed by atoms with E-state index in [0.29, 0.717) is 12.2 Å². The van der Waals surface area contributed by atoms with Crippen LogP contribution >= 0.6 is 0 Å². The number of hydrogen-bond acceptors (Lipinski definition) is 4. The van der Waals surface area contributed by atoms with Gasteiger partial charge in [0, 0.05) is 11.9 Å². The van der Waals surface area contributed by atoms with Gasteiger partial charge in [0.15, 0.2) is 5.84 Å². The van der Waals surface area contributed by atoms with E-state index in [4.69, 9.17) is 5.73 Å². The lowest BCUT2D eigenvalue weighted by Gasteiger charge is -2.31. The van der Waals surface area contributed by atoms with Gasteiger partial charge in [-0.3, -0.25) is 4.79 Å². The molecule has 0 bridgehead atoms. The molecule has 0 aliphatic carbocycles. The van der Waals surface area contributed by atoms with E-state index in [0.717, 1.165) is 11.4 Å². The summed E-state index contributed by atoms with van der Waals surface area (Å²) in [7, 11) is 0. The molecule has 2 aliphatic heterocycles. The number of carbonyl (C=O) groups excluding carboxylic acids is 1. The molecule has 0 saturated carbocycles. The fourth-order valence-electron chi connectivity index (χ4n) is 1.56. The smallest absolute Gasteiger partial charge is 0.263 e. The lowest BCUT2D eigenvalue weighted by Crippen LogP contribution is -2.45. The Morgan fingerprint density at radius 1 is 1.62 bits per heavy atom. The Morgan fingerprint density at radius 3 is 3.06 bits per heavy atom. The Labute approximate surface area is 94.2 Å². The van der Waals surface area contributed by atoms with Crippen LogP contribution in [0.1, 0.15) is 6.92 Å². The number of carbonyl (C=O) groups is 1. The first kappa shape index (κ1) is 10.5. The van der Waals surface area contributed by atoms with Gasteiger partial charge in [0.1, 0.15) is 6.54 Å². The molecule has 0 aromatic carbocycles. The first-order chi connectivity index (χ1) is 7.56. The lowest BCUT2D eigenvalue weighted by atomic mass is 10.2. The third-order valence-corrected chi connectivity index (χ3v) is 2.26. The summed E-state index contributed by atoms with van der Waals surface area (Å²) in [6.45, 7) is 6.38. The van der Waals surface area contributed by atoms with Crippen molar-refractivity contribution in [2.45, 2.75) is 6.92 Å². The van der Waals surface area contributed by atoms with E-state index in [1.807, 2.05) is 6.92 Å². The first-order valence-corrected chi connectivity index (χ1v) is 5.01. The van der Waals surface area contributed by atoms with Gasteiger partial charge in [-0.05, 0) is 19.1 Å². The van der Waals surface area contributed by atoms with Crippen molar-refractivity contribution in [3.05, 3.63) is 36.2 Å². The molecule has 2 rings (SSSR count). The van der Waals surface area contributed by atoms with Crippen LogP contribution in [0.5, 0.6) is 0 Å². The summed E-state index contributed by atoms with van der Waals surface area (Å²) in [6.07, 6.45) is 5.28. The van der Waals surface area contributed by atoms with Gasteiger partial charge in [0.2, 0.25) is 0 Å². The summed E-state index contributed by atoms with van der Waals surface area (Å²) in [5, 5.41) is 5.68. The number of amidine groups is 1. The zero-order valence-electron chi connectivity index (χ0n) is 9.18. The van der Waals surface area contributed by atoms with Crippen molar-refractivity contribution in [2.75, 3.05) is 13.1 Å². The van der Waals surface area contributed by atoms with Crippen molar-refractivity contribution in [2.24, 2.45) is 10.8 Å². The fourth-order valence-corrected chi connectivity index (χ4v) is 1.56. The molecule has 2 aliphatic rings. The monoisotopic (exact) mass is 218 g/mol. The molecule has 1 amide bonds. The molecule has 0 unspecified atom stereocenters. The van der Waals surface area contributed by atoms with Gasteiger partial charge in [-0.1, -0.05) is 12.2 Å². The highest BCUT2D eigenvalue weighted by molar-refractivity contribution is 6.00. The van der Waals surface area contributed by atoms with E-state index in [1.54, 1.807) is 23.3 Å². The largest absolute Gasteiger partial charge is 0.398 e.